The van der Waals surface area contributed by atoms with Gasteiger partial charge in [0.05, 0.1) is 0 Å². The molecular formula is C16H22O. The van der Waals surface area contributed by atoms with Crippen molar-refractivity contribution >= 4 is 5.78 Å². The molecular weight excluding hydrogens is 208 g/mol. The van der Waals surface area contributed by atoms with Gasteiger partial charge in [0.2, 0.25) is 0 Å². The Morgan fingerprint density at radius 3 is 2.00 bits per heavy atom. The summed E-state index contributed by atoms with van der Waals surface area (Å²) in [4.78, 5) is 12.7. The fourth-order valence-corrected chi connectivity index (χ4v) is 3.22. The summed E-state index contributed by atoms with van der Waals surface area (Å²) in [6, 6.07) is 4.25. The lowest BCUT2D eigenvalue weighted by molar-refractivity contribution is 0.0822. The maximum Gasteiger partial charge on any atom is 0.169 e. The van der Waals surface area contributed by atoms with E-state index in [9.17, 15) is 4.79 Å². The Kier molecular flexibility index (Phi) is 3.11. The number of carbonyl (C=O) groups excluding carboxylic acids is 1. The van der Waals surface area contributed by atoms with Crippen LogP contribution in [0.3, 0.4) is 0 Å². The molecule has 1 aromatic rings. The first-order valence-corrected chi connectivity index (χ1v) is 6.57. The van der Waals surface area contributed by atoms with Crippen molar-refractivity contribution in [3.8, 4) is 0 Å². The summed E-state index contributed by atoms with van der Waals surface area (Å²) >= 11 is 0. The number of ketones is 1. The first-order valence-electron chi connectivity index (χ1n) is 6.57. The zero-order chi connectivity index (χ0) is 12.6. The summed E-state index contributed by atoms with van der Waals surface area (Å²) in [5, 5.41) is 0. The van der Waals surface area contributed by atoms with Crippen molar-refractivity contribution in [3.05, 3.63) is 34.4 Å². The highest BCUT2D eigenvalue weighted by Gasteiger charge is 2.37. The van der Waals surface area contributed by atoms with Crippen LogP contribution in [-0.4, -0.2) is 5.78 Å². The fraction of sp³-hybridized carbons (Fsp3) is 0.562. The number of hydrogen-bond acceptors (Lipinski definition) is 1. The lowest BCUT2D eigenvalue weighted by Crippen LogP contribution is -2.26. The second-order valence-corrected chi connectivity index (χ2v) is 5.87. The molecule has 1 aromatic carbocycles. The van der Waals surface area contributed by atoms with E-state index in [0.29, 0.717) is 5.78 Å². The van der Waals surface area contributed by atoms with Crippen molar-refractivity contribution in [2.24, 2.45) is 5.41 Å². The van der Waals surface area contributed by atoms with Crippen LogP contribution in [0.1, 0.15) is 59.7 Å². The number of Topliss-reactive ketones (excluding diaryl/α,β-unsaturated/α-hetero) is 1. The van der Waals surface area contributed by atoms with Gasteiger partial charge in [-0.05, 0) is 44.7 Å². The highest BCUT2D eigenvalue weighted by Crippen LogP contribution is 2.41. The molecule has 92 valence electrons. The van der Waals surface area contributed by atoms with Gasteiger partial charge in [-0.3, -0.25) is 4.79 Å². The molecule has 1 heteroatoms. The van der Waals surface area contributed by atoms with Gasteiger partial charge in [-0.1, -0.05) is 37.5 Å². The topological polar surface area (TPSA) is 17.1 Å². The zero-order valence-electron chi connectivity index (χ0n) is 11.4. The van der Waals surface area contributed by atoms with Crippen LogP contribution in [0.25, 0.3) is 0 Å². The number of benzene rings is 1. The highest BCUT2D eigenvalue weighted by atomic mass is 16.1. The van der Waals surface area contributed by atoms with Crippen LogP contribution in [0.15, 0.2) is 12.1 Å². The second-order valence-electron chi connectivity index (χ2n) is 5.87. The van der Waals surface area contributed by atoms with Gasteiger partial charge in [-0.25, -0.2) is 0 Å². The molecule has 1 nitrogen and oxygen atoms in total. The third-order valence-corrected chi connectivity index (χ3v) is 4.16. The summed E-state index contributed by atoms with van der Waals surface area (Å²) in [6.07, 6.45) is 4.51. The van der Waals surface area contributed by atoms with E-state index in [4.69, 9.17) is 0 Å². The third kappa shape index (κ3) is 2.15. The van der Waals surface area contributed by atoms with Gasteiger partial charge in [-0.2, -0.15) is 0 Å². The Morgan fingerprint density at radius 1 is 1.06 bits per heavy atom. The zero-order valence-corrected chi connectivity index (χ0v) is 11.4. The van der Waals surface area contributed by atoms with Crippen molar-refractivity contribution in [1.29, 1.82) is 0 Å². The summed E-state index contributed by atoms with van der Waals surface area (Å²) in [7, 11) is 0. The first-order chi connectivity index (χ1) is 7.94. The standard InChI is InChI=1S/C16H22O/c1-11-9-12(2)14(13(3)10-11)15(17)16(4)7-5-6-8-16/h9-10H,5-8H2,1-4H3. The van der Waals surface area contributed by atoms with Gasteiger partial charge >= 0.3 is 0 Å². The van der Waals surface area contributed by atoms with E-state index >= 15 is 0 Å². The number of rotatable bonds is 2. The van der Waals surface area contributed by atoms with Crippen molar-refractivity contribution in [1.82, 2.24) is 0 Å². The minimum absolute atomic E-state index is 0.106. The SMILES string of the molecule is Cc1cc(C)c(C(=O)C2(C)CCCC2)c(C)c1. The van der Waals surface area contributed by atoms with Gasteiger partial charge in [0.15, 0.2) is 5.78 Å². The van der Waals surface area contributed by atoms with E-state index in [1.54, 1.807) is 0 Å². The molecule has 0 radical (unpaired) electrons. The molecule has 0 saturated heterocycles. The Morgan fingerprint density at radius 2 is 1.53 bits per heavy atom. The van der Waals surface area contributed by atoms with Gasteiger partial charge in [0.1, 0.15) is 0 Å². The van der Waals surface area contributed by atoms with Gasteiger partial charge in [0.25, 0.3) is 0 Å². The minimum atomic E-state index is -0.106. The second kappa shape index (κ2) is 4.29. The molecule has 0 aliphatic heterocycles. The molecule has 1 saturated carbocycles. The quantitative estimate of drug-likeness (QED) is 0.689. The number of carbonyl (C=O) groups is 1. The van der Waals surface area contributed by atoms with Gasteiger partial charge in [0, 0.05) is 11.0 Å². The van der Waals surface area contributed by atoms with Gasteiger partial charge < -0.3 is 0 Å². The van der Waals surface area contributed by atoms with Crippen LogP contribution in [0.2, 0.25) is 0 Å². The van der Waals surface area contributed by atoms with Crippen molar-refractivity contribution in [2.45, 2.75) is 53.4 Å². The number of aryl methyl sites for hydroxylation is 3. The summed E-state index contributed by atoms with van der Waals surface area (Å²) in [5.74, 6) is 0.366. The Balaban J connectivity index is 2.44. The molecule has 0 bridgehead atoms. The smallest absolute Gasteiger partial charge is 0.169 e. The van der Waals surface area contributed by atoms with E-state index in [0.717, 1.165) is 29.5 Å². The molecule has 0 spiro atoms. The average molecular weight is 230 g/mol. The summed E-state index contributed by atoms with van der Waals surface area (Å²) in [5.41, 5.74) is 4.39. The maximum atomic E-state index is 12.7. The van der Waals surface area contributed by atoms with Gasteiger partial charge in [-0.15, -0.1) is 0 Å². The normalized spacial score (nSPS) is 18.4. The van der Waals surface area contributed by atoms with Crippen LogP contribution in [0.5, 0.6) is 0 Å². The van der Waals surface area contributed by atoms with Crippen molar-refractivity contribution < 1.29 is 4.79 Å². The van der Waals surface area contributed by atoms with Crippen LogP contribution in [0, 0.1) is 26.2 Å². The molecule has 1 aliphatic rings. The monoisotopic (exact) mass is 230 g/mol. The highest BCUT2D eigenvalue weighted by molar-refractivity contribution is 6.02. The van der Waals surface area contributed by atoms with E-state index in [1.807, 2.05) is 0 Å². The Bertz CT molecular complexity index is 428. The molecule has 0 amide bonds. The largest absolute Gasteiger partial charge is 0.294 e. The molecule has 17 heavy (non-hydrogen) atoms. The van der Waals surface area contributed by atoms with E-state index < -0.39 is 0 Å². The summed E-state index contributed by atoms with van der Waals surface area (Å²) < 4.78 is 0. The Hall–Kier alpha value is -1.11. The summed E-state index contributed by atoms with van der Waals surface area (Å²) in [6.45, 7) is 8.35. The Labute approximate surface area is 104 Å². The van der Waals surface area contributed by atoms with E-state index in [2.05, 4.69) is 39.8 Å². The number of hydrogen-bond donors (Lipinski definition) is 0. The molecule has 0 atom stereocenters. The molecule has 0 unspecified atom stereocenters. The molecule has 1 aliphatic carbocycles. The average Bonchev–Trinajstić information content (AvgIpc) is 2.64. The molecule has 2 rings (SSSR count). The predicted octanol–water partition coefficient (Wildman–Crippen LogP) is 4.37. The van der Waals surface area contributed by atoms with E-state index in [1.165, 1.54) is 18.4 Å². The lowest BCUT2D eigenvalue weighted by atomic mass is 9.78. The predicted molar refractivity (Wildman–Crippen MR) is 71.6 cm³/mol. The van der Waals surface area contributed by atoms with Crippen LogP contribution in [-0.2, 0) is 0 Å². The molecule has 0 N–H and O–H groups in total. The molecule has 0 aromatic heterocycles. The van der Waals surface area contributed by atoms with E-state index in [-0.39, 0.29) is 5.41 Å². The fourth-order valence-electron chi connectivity index (χ4n) is 3.22. The van der Waals surface area contributed by atoms with Crippen LogP contribution in [0.4, 0.5) is 0 Å². The lowest BCUT2D eigenvalue weighted by Gasteiger charge is -2.24. The molecule has 0 heterocycles. The van der Waals surface area contributed by atoms with Crippen LogP contribution < -0.4 is 0 Å². The van der Waals surface area contributed by atoms with Crippen molar-refractivity contribution in [2.75, 3.05) is 0 Å². The van der Waals surface area contributed by atoms with Crippen LogP contribution >= 0.6 is 0 Å². The first kappa shape index (κ1) is 12.3. The third-order valence-electron chi connectivity index (χ3n) is 4.16. The van der Waals surface area contributed by atoms with Crippen molar-refractivity contribution in [3.63, 3.8) is 0 Å². The molecule has 1 fully saturated rings. The minimum Gasteiger partial charge on any atom is -0.294 e. The maximum absolute atomic E-state index is 12.7.